The standard InChI is InChI=1S/C22H25F/c1-8-12-16(4)21(15(2)3)19(7)18(6)20-14-11-9-10-13-17(5)22(20)23/h1,9-11,13-14H,4,12H2,2-3,5-7H3/b10-9?,11-9-,13-10-,14-11?,17-13?,19-18+,20-14-,22-17+,22-20?. The van der Waals surface area contributed by atoms with Gasteiger partial charge in [-0.1, -0.05) is 42.5 Å². The Hall–Kier alpha value is -2.33. The van der Waals surface area contributed by atoms with E-state index in [1.54, 1.807) is 13.0 Å². The van der Waals surface area contributed by atoms with Crippen molar-refractivity contribution in [2.24, 2.45) is 0 Å². The van der Waals surface area contributed by atoms with Gasteiger partial charge < -0.3 is 0 Å². The second-order valence-electron chi connectivity index (χ2n) is 5.93. The summed E-state index contributed by atoms with van der Waals surface area (Å²) >= 11 is 0. The van der Waals surface area contributed by atoms with Gasteiger partial charge in [0.2, 0.25) is 0 Å². The Labute approximate surface area is 140 Å². The molecule has 120 valence electrons. The Morgan fingerprint density at radius 1 is 1.17 bits per heavy atom. The average molecular weight is 308 g/mol. The van der Waals surface area contributed by atoms with E-state index < -0.39 is 0 Å². The zero-order chi connectivity index (χ0) is 17.6. The maximum atomic E-state index is 14.7. The Bertz CT molecular complexity index is 718. The van der Waals surface area contributed by atoms with Gasteiger partial charge in [0.15, 0.2) is 0 Å². The van der Waals surface area contributed by atoms with Gasteiger partial charge in [0.25, 0.3) is 0 Å². The summed E-state index contributed by atoms with van der Waals surface area (Å²) in [6.45, 7) is 13.9. The van der Waals surface area contributed by atoms with Crippen LogP contribution in [-0.4, -0.2) is 0 Å². The first-order chi connectivity index (χ1) is 10.8. The normalized spacial score (nSPS) is 23.4. The number of hydrogen-bond acceptors (Lipinski definition) is 0. The third kappa shape index (κ3) is 4.57. The molecule has 0 aromatic rings. The molecule has 0 bridgehead atoms. The van der Waals surface area contributed by atoms with Gasteiger partial charge in [-0.15, -0.1) is 12.3 Å². The molecular weight excluding hydrogens is 283 g/mol. The summed E-state index contributed by atoms with van der Waals surface area (Å²) in [5, 5.41) is 0. The Balaban J connectivity index is 3.49. The van der Waals surface area contributed by atoms with Crippen molar-refractivity contribution in [2.75, 3.05) is 0 Å². The zero-order valence-electron chi connectivity index (χ0n) is 14.8. The van der Waals surface area contributed by atoms with Crippen LogP contribution in [-0.2, 0) is 0 Å². The fourth-order valence-corrected chi connectivity index (χ4v) is 2.66. The minimum atomic E-state index is -0.196. The molecule has 23 heavy (non-hydrogen) atoms. The van der Waals surface area contributed by atoms with Crippen molar-refractivity contribution in [2.45, 2.75) is 41.0 Å². The molecule has 1 aliphatic carbocycles. The van der Waals surface area contributed by atoms with Gasteiger partial charge in [0.05, 0.1) is 0 Å². The zero-order valence-corrected chi connectivity index (χ0v) is 14.8. The first-order valence-electron chi connectivity index (χ1n) is 7.70. The minimum absolute atomic E-state index is 0.196. The van der Waals surface area contributed by atoms with E-state index in [9.17, 15) is 4.39 Å². The smallest absolute Gasteiger partial charge is 0.133 e. The van der Waals surface area contributed by atoms with E-state index in [2.05, 4.69) is 12.5 Å². The molecular formula is C22H25F. The lowest BCUT2D eigenvalue weighted by Crippen LogP contribution is -2.00. The van der Waals surface area contributed by atoms with Crippen LogP contribution >= 0.6 is 0 Å². The maximum Gasteiger partial charge on any atom is 0.133 e. The molecule has 0 aromatic carbocycles. The van der Waals surface area contributed by atoms with Crippen molar-refractivity contribution in [1.29, 1.82) is 0 Å². The highest BCUT2D eigenvalue weighted by Gasteiger charge is 2.15. The number of halogens is 1. The quantitative estimate of drug-likeness (QED) is 0.409. The van der Waals surface area contributed by atoms with Crippen LogP contribution in [0.1, 0.15) is 41.0 Å². The van der Waals surface area contributed by atoms with Crippen LogP contribution in [0.15, 0.2) is 81.8 Å². The molecule has 1 rings (SSSR count). The van der Waals surface area contributed by atoms with Gasteiger partial charge >= 0.3 is 0 Å². The van der Waals surface area contributed by atoms with Gasteiger partial charge in [-0.2, -0.15) is 0 Å². The van der Waals surface area contributed by atoms with E-state index in [1.165, 1.54) is 0 Å². The Morgan fingerprint density at radius 2 is 1.83 bits per heavy atom. The molecule has 0 aliphatic heterocycles. The number of allylic oxidation sites excluding steroid dienone is 13. The maximum absolute atomic E-state index is 14.7. The van der Waals surface area contributed by atoms with E-state index in [0.29, 0.717) is 17.6 Å². The van der Waals surface area contributed by atoms with Crippen LogP contribution in [0.3, 0.4) is 0 Å². The highest BCUT2D eigenvalue weighted by atomic mass is 19.1. The molecule has 0 heterocycles. The van der Waals surface area contributed by atoms with Crippen LogP contribution in [0, 0.1) is 12.3 Å². The van der Waals surface area contributed by atoms with Gasteiger partial charge in [-0.25, -0.2) is 4.39 Å². The summed E-state index contributed by atoms with van der Waals surface area (Å²) in [6.07, 6.45) is 15.1. The van der Waals surface area contributed by atoms with E-state index >= 15 is 0 Å². The van der Waals surface area contributed by atoms with Crippen LogP contribution in [0.25, 0.3) is 0 Å². The average Bonchev–Trinajstić information content (AvgIpc) is 2.47. The lowest BCUT2D eigenvalue weighted by Gasteiger charge is -2.18. The molecule has 1 heteroatoms. The van der Waals surface area contributed by atoms with Gasteiger partial charge in [-0.3, -0.25) is 0 Å². The van der Waals surface area contributed by atoms with Crippen molar-refractivity contribution >= 4 is 0 Å². The SMILES string of the molecule is C#CCC(=C)C(=C(C)C)/C(C)=C(C)/C1=C/C=C\C=C/C(C)=C\1F. The third-order valence-electron chi connectivity index (χ3n) is 3.92. The summed E-state index contributed by atoms with van der Waals surface area (Å²) in [7, 11) is 0. The van der Waals surface area contributed by atoms with Crippen molar-refractivity contribution in [1.82, 2.24) is 0 Å². The van der Waals surface area contributed by atoms with Crippen molar-refractivity contribution in [3.63, 3.8) is 0 Å². The molecule has 0 atom stereocenters. The van der Waals surface area contributed by atoms with Gasteiger partial charge in [0.1, 0.15) is 5.83 Å². The minimum Gasteiger partial charge on any atom is -0.206 e. The third-order valence-corrected chi connectivity index (χ3v) is 3.92. The number of terminal acetylenes is 1. The second-order valence-corrected chi connectivity index (χ2v) is 5.93. The molecule has 0 nitrogen and oxygen atoms in total. The molecule has 0 amide bonds. The van der Waals surface area contributed by atoms with E-state index in [0.717, 1.165) is 27.9 Å². The van der Waals surface area contributed by atoms with Crippen LogP contribution in [0.5, 0.6) is 0 Å². The molecule has 1 aliphatic rings. The summed E-state index contributed by atoms with van der Waals surface area (Å²) in [6, 6.07) is 0. The molecule has 0 saturated heterocycles. The van der Waals surface area contributed by atoms with Crippen LogP contribution in [0.2, 0.25) is 0 Å². The fourth-order valence-electron chi connectivity index (χ4n) is 2.66. The molecule has 0 unspecified atom stereocenters. The van der Waals surface area contributed by atoms with Crippen LogP contribution < -0.4 is 0 Å². The van der Waals surface area contributed by atoms with Crippen molar-refractivity contribution in [3.8, 4) is 12.3 Å². The first-order valence-corrected chi connectivity index (χ1v) is 7.70. The fraction of sp³-hybridized carbons (Fsp3) is 0.273. The second kappa shape index (κ2) is 8.34. The summed E-state index contributed by atoms with van der Waals surface area (Å²) in [5.74, 6) is 2.44. The van der Waals surface area contributed by atoms with Gasteiger partial charge in [-0.05, 0) is 62.5 Å². The van der Waals surface area contributed by atoms with Crippen molar-refractivity contribution < 1.29 is 4.39 Å². The first kappa shape index (κ1) is 18.7. The monoisotopic (exact) mass is 308 g/mol. The topological polar surface area (TPSA) is 0 Å². The largest absolute Gasteiger partial charge is 0.206 e. The number of hydrogen-bond donors (Lipinski definition) is 0. The van der Waals surface area contributed by atoms with Crippen LogP contribution in [0.4, 0.5) is 4.39 Å². The molecule has 0 aromatic heterocycles. The predicted molar refractivity (Wildman–Crippen MR) is 99.5 cm³/mol. The van der Waals surface area contributed by atoms with Gasteiger partial charge in [0, 0.05) is 12.0 Å². The summed E-state index contributed by atoms with van der Waals surface area (Å²) < 4.78 is 14.7. The molecule has 0 fully saturated rings. The van der Waals surface area contributed by atoms with E-state index in [1.807, 2.05) is 52.0 Å². The summed E-state index contributed by atoms with van der Waals surface area (Å²) in [4.78, 5) is 0. The lowest BCUT2D eigenvalue weighted by molar-refractivity contribution is 0.644. The Morgan fingerprint density at radius 3 is 2.39 bits per heavy atom. The highest BCUT2D eigenvalue weighted by Crippen LogP contribution is 2.33. The molecule has 0 N–H and O–H groups in total. The Kier molecular flexibility index (Phi) is 6.79. The van der Waals surface area contributed by atoms with E-state index in [-0.39, 0.29) is 5.83 Å². The van der Waals surface area contributed by atoms with Crippen molar-refractivity contribution in [3.05, 3.63) is 81.8 Å². The number of rotatable bonds is 4. The summed E-state index contributed by atoms with van der Waals surface area (Å²) in [5.41, 5.74) is 6.20. The van der Waals surface area contributed by atoms with E-state index in [4.69, 9.17) is 6.42 Å². The molecule has 0 radical (unpaired) electrons. The molecule has 0 saturated carbocycles. The lowest BCUT2D eigenvalue weighted by atomic mass is 9.88. The molecule has 0 spiro atoms. The highest BCUT2D eigenvalue weighted by molar-refractivity contribution is 5.58. The predicted octanol–water partition coefficient (Wildman–Crippen LogP) is 6.53.